The van der Waals surface area contributed by atoms with Crippen LogP contribution in [0.2, 0.25) is 0 Å². The van der Waals surface area contributed by atoms with Crippen LogP contribution < -0.4 is 33.2 Å². The van der Waals surface area contributed by atoms with Gasteiger partial charge >= 0.3 is 5.97 Å². The van der Waals surface area contributed by atoms with Crippen molar-refractivity contribution in [1.82, 2.24) is 16.0 Å². The molecular formula is C17H32N6O7S. The number of amides is 4. The Morgan fingerprint density at radius 3 is 2.00 bits per heavy atom. The smallest absolute Gasteiger partial charge is 0.326 e. The molecule has 0 spiro atoms. The van der Waals surface area contributed by atoms with Gasteiger partial charge in [-0.2, -0.15) is 12.6 Å². The lowest BCUT2D eigenvalue weighted by Gasteiger charge is -2.26. The van der Waals surface area contributed by atoms with Crippen LogP contribution in [0.4, 0.5) is 0 Å². The molecule has 0 aromatic carbocycles. The number of unbranched alkanes of at least 4 members (excludes halogenated alkanes) is 1. The lowest BCUT2D eigenvalue weighted by molar-refractivity contribution is -0.144. The van der Waals surface area contributed by atoms with Crippen molar-refractivity contribution < 1.29 is 34.2 Å². The van der Waals surface area contributed by atoms with Gasteiger partial charge in [0, 0.05) is 5.75 Å². The van der Waals surface area contributed by atoms with E-state index in [0.29, 0.717) is 19.4 Å². The van der Waals surface area contributed by atoms with E-state index in [0.717, 1.165) is 0 Å². The first-order chi connectivity index (χ1) is 14.4. The third-order valence-corrected chi connectivity index (χ3v) is 4.59. The molecule has 0 heterocycles. The van der Waals surface area contributed by atoms with Gasteiger partial charge in [-0.1, -0.05) is 0 Å². The van der Waals surface area contributed by atoms with Gasteiger partial charge in [0.2, 0.25) is 23.6 Å². The van der Waals surface area contributed by atoms with Crippen molar-refractivity contribution in [2.24, 2.45) is 17.2 Å². The standard InChI is InChI=1S/C17H32N6O7S/c1-8(24)13(16(28)22-11(17(29)30)6-12(20)25)23-15(27)10(4-2-3-5-18)21-14(26)9(19)7-31/h8-11,13,24,31H,2-7,18-19H2,1H3,(H2,20,25)(H,21,26)(H,22,28)(H,23,27)(H,29,30). The van der Waals surface area contributed by atoms with E-state index in [-0.39, 0.29) is 12.2 Å². The van der Waals surface area contributed by atoms with Crippen molar-refractivity contribution in [2.75, 3.05) is 12.3 Å². The average Bonchev–Trinajstić information content (AvgIpc) is 2.68. The van der Waals surface area contributed by atoms with Gasteiger partial charge in [-0.3, -0.25) is 19.2 Å². The highest BCUT2D eigenvalue weighted by Crippen LogP contribution is 2.05. The minimum Gasteiger partial charge on any atom is -0.480 e. The van der Waals surface area contributed by atoms with Crippen molar-refractivity contribution in [3.8, 4) is 0 Å². The largest absolute Gasteiger partial charge is 0.480 e. The second-order valence-corrected chi connectivity index (χ2v) is 7.30. The molecule has 31 heavy (non-hydrogen) atoms. The zero-order valence-corrected chi connectivity index (χ0v) is 18.1. The van der Waals surface area contributed by atoms with Crippen molar-refractivity contribution in [2.45, 2.75) is 62.9 Å². The highest BCUT2D eigenvalue weighted by molar-refractivity contribution is 7.80. The first kappa shape index (κ1) is 28.6. The summed E-state index contributed by atoms with van der Waals surface area (Å²) >= 11 is 3.93. The van der Waals surface area contributed by atoms with Gasteiger partial charge < -0.3 is 43.4 Å². The molecule has 0 bridgehead atoms. The Morgan fingerprint density at radius 1 is 0.968 bits per heavy atom. The molecule has 0 rings (SSSR count). The van der Waals surface area contributed by atoms with Crippen LogP contribution in [0.15, 0.2) is 0 Å². The number of aliphatic carboxylic acids is 1. The fourth-order valence-corrected chi connectivity index (χ4v) is 2.61. The number of carboxylic acids is 1. The topological polar surface area (TPSA) is 240 Å². The van der Waals surface area contributed by atoms with Crippen molar-refractivity contribution in [3.05, 3.63) is 0 Å². The number of rotatable bonds is 15. The molecule has 0 saturated heterocycles. The van der Waals surface area contributed by atoms with Gasteiger partial charge in [-0.05, 0) is 32.7 Å². The zero-order chi connectivity index (χ0) is 24.1. The predicted octanol–water partition coefficient (Wildman–Crippen LogP) is -3.83. The third-order valence-electron chi connectivity index (χ3n) is 4.20. The number of nitrogens with one attached hydrogen (secondary N) is 3. The van der Waals surface area contributed by atoms with Gasteiger partial charge in [0.25, 0.3) is 0 Å². The molecule has 11 N–H and O–H groups in total. The SMILES string of the molecule is CC(O)C(NC(=O)C(CCCCN)NC(=O)C(N)CS)C(=O)NC(CC(N)=O)C(=O)O. The number of carbonyl (C=O) groups is 5. The summed E-state index contributed by atoms with van der Waals surface area (Å²) in [6.07, 6.45) is -0.864. The molecule has 0 aliphatic carbocycles. The van der Waals surface area contributed by atoms with Crippen LogP contribution in [0, 0.1) is 0 Å². The number of hydrogen-bond donors (Lipinski definition) is 9. The molecule has 5 atom stereocenters. The molecule has 5 unspecified atom stereocenters. The molecule has 0 aliphatic heterocycles. The Morgan fingerprint density at radius 2 is 1.55 bits per heavy atom. The maximum atomic E-state index is 12.7. The number of aliphatic hydroxyl groups excluding tert-OH is 1. The maximum absolute atomic E-state index is 12.7. The van der Waals surface area contributed by atoms with E-state index in [1.54, 1.807) is 0 Å². The van der Waals surface area contributed by atoms with Crippen LogP contribution in [-0.4, -0.2) is 82.4 Å². The second kappa shape index (κ2) is 14.6. The maximum Gasteiger partial charge on any atom is 0.326 e. The minimum absolute atomic E-state index is 0.0398. The Kier molecular flexibility index (Phi) is 13.4. The second-order valence-electron chi connectivity index (χ2n) is 6.93. The molecule has 0 aliphatic rings. The normalized spacial score (nSPS) is 15.6. The van der Waals surface area contributed by atoms with Crippen LogP contribution >= 0.6 is 12.6 Å². The van der Waals surface area contributed by atoms with Gasteiger partial charge in [0.1, 0.15) is 18.1 Å². The molecule has 14 heteroatoms. The molecule has 0 aromatic heterocycles. The molecule has 178 valence electrons. The Hall–Kier alpha value is -2.42. The van der Waals surface area contributed by atoms with Gasteiger partial charge in [0.05, 0.1) is 18.6 Å². The van der Waals surface area contributed by atoms with Crippen LogP contribution in [0.3, 0.4) is 0 Å². The summed E-state index contributed by atoms with van der Waals surface area (Å²) in [4.78, 5) is 59.4. The van der Waals surface area contributed by atoms with Crippen LogP contribution in [0.1, 0.15) is 32.6 Å². The number of carboxylic acid groups (broad SMARTS) is 1. The fourth-order valence-electron chi connectivity index (χ4n) is 2.45. The average molecular weight is 465 g/mol. The monoisotopic (exact) mass is 464 g/mol. The number of nitrogens with two attached hydrogens (primary N) is 3. The summed E-state index contributed by atoms with van der Waals surface area (Å²) in [6.45, 7) is 1.57. The van der Waals surface area contributed by atoms with E-state index in [1.165, 1.54) is 6.92 Å². The summed E-state index contributed by atoms with van der Waals surface area (Å²) in [5, 5.41) is 25.8. The number of aliphatic hydroxyl groups is 1. The summed E-state index contributed by atoms with van der Waals surface area (Å²) in [5.74, 6) is -4.91. The lowest BCUT2D eigenvalue weighted by atomic mass is 10.1. The third kappa shape index (κ3) is 11.0. The van der Waals surface area contributed by atoms with Crippen LogP contribution in [0.25, 0.3) is 0 Å². The number of carbonyl (C=O) groups excluding carboxylic acids is 4. The van der Waals surface area contributed by atoms with Gasteiger partial charge in [-0.25, -0.2) is 4.79 Å². The molecule has 0 saturated carbocycles. The van der Waals surface area contributed by atoms with Crippen LogP contribution in [0.5, 0.6) is 0 Å². The summed E-state index contributed by atoms with van der Waals surface area (Å²) < 4.78 is 0. The van der Waals surface area contributed by atoms with Gasteiger partial charge in [0.15, 0.2) is 0 Å². The quantitative estimate of drug-likeness (QED) is 0.0850. The van der Waals surface area contributed by atoms with Crippen LogP contribution in [-0.2, 0) is 24.0 Å². The Bertz CT molecular complexity index is 648. The lowest BCUT2D eigenvalue weighted by Crippen LogP contribution is -2.60. The minimum atomic E-state index is -1.64. The molecular weight excluding hydrogens is 432 g/mol. The molecule has 0 radical (unpaired) electrons. The summed E-state index contributed by atoms with van der Waals surface area (Å²) in [7, 11) is 0. The summed E-state index contributed by atoms with van der Waals surface area (Å²) in [6, 6.07) is -5.25. The molecule has 13 nitrogen and oxygen atoms in total. The van der Waals surface area contributed by atoms with E-state index in [1.807, 2.05) is 5.32 Å². The van der Waals surface area contributed by atoms with E-state index >= 15 is 0 Å². The van der Waals surface area contributed by atoms with Crippen molar-refractivity contribution in [1.29, 1.82) is 0 Å². The molecule has 0 fully saturated rings. The van der Waals surface area contributed by atoms with Gasteiger partial charge in [-0.15, -0.1) is 0 Å². The number of primary amides is 1. The Balaban J connectivity index is 5.38. The van der Waals surface area contributed by atoms with Crippen molar-refractivity contribution in [3.63, 3.8) is 0 Å². The first-order valence-electron chi connectivity index (χ1n) is 9.61. The van der Waals surface area contributed by atoms with E-state index in [2.05, 4.69) is 23.3 Å². The first-order valence-corrected chi connectivity index (χ1v) is 10.2. The molecule has 4 amide bonds. The van der Waals surface area contributed by atoms with E-state index < -0.39 is 66.3 Å². The number of thiol groups is 1. The fraction of sp³-hybridized carbons (Fsp3) is 0.706. The van der Waals surface area contributed by atoms with E-state index in [9.17, 15) is 29.1 Å². The Labute approximate surface area is 185 Å². The zero-order valence-electron chi connectivity index (χ0n) is 17.2. The predicted molar refractivity (Wildman–Crippen MR) is 114 cm³/mol. The van der Waals surface area contributed by atoms with E-state index in [4.69, 9.17) is 22.3 Å². The highest BCUT2D eigenvalue weighted by atomic mass is 32.1. The highest BCUT2D eigenvalue weighted by Gasteiger charge is 2.32. The summed E-state index contributed by atoms with van der Waals surface area (Å²) in [5.41, 5.74) is 16.0. The molecule has 0 aromatic rings. The van der Waals surface area contributed by atoms with Crippen molar-refractivity contribution >= 4 is 42.2 Å². The number of hydrogen-bond acceptors (Lipinski definition) is 9.